The highest BCUT2D eigenvalue weighted by Gasteiger charge is 2.49. The predicted molar refractivity (Wildman–Crippen MR) is 122 cm³/mol. The van der Waals surface area contributed by atoms with Crippen molar-refractivity contribution in [2.24, 2.45) is 11.8 Å². The van der Waals surface area contributed by atoms with Crippen molar-refractivity contribution in [3.63, 3.8) is 0 Å². The van der Waals surface area contributed by atoms with Crippen LogP contribution in [0, 0.1) is 11.8 Å². The van der Waals surface area contributed by atoms with Crippen LogP contribution in [-0.2, 0) is 4.79 Å². The second kappa shape index (κ2) is 8.19. The average Bonchev–Trinajstić information content (AvgIpc) is 3.49. The highest BCUT2D eigenvalue weighted by atomic mass is 35.5. The fourth-order valence-electron chi connectivity index (χ4n) is 5.65. The highest BCUT2D eigenvalue weighted by Crippen LogP contribution is 2.45. The summed E-state index contributed by atoms with van der Waals surface area (Å²) < 4.78 is 0. The highest BCUT2D eigenvalue weighted by molar-refractivity contribution is 6.33. The fraction of sp³-hybridized carbons (Fsp3) is 0.440. The molecule has 0 bridgehead atoms. The smallest absolute Gasteiger partial charge is 0.253 e. The van der Waals surface area contributed by atoms with Gasteiger partial charge in [-0.1, -0.05) is 41.9 Å². The molecule has 162 valence electrons. The third-order valence-corrected chi connectivity index (χ3v) is 7.44. The van der Waals surface area contributed by atoms with Crippen LogP contribution in [-0.4, -0.2) is 54.3 Å². The van der Waals surface area contributed by atoms with Gasteiger partial charge in [0.25, 0.3) is 5.91 Å². The summed E-state index contributed by atoms with van der Waals surface area (Å²) in [6.07, 6.45) is 2.38. The van der Waals surface area contributed by atoms with E-state index in [1.807, 2.05) is 46.2 Å². The van der Waals surface area contributed by atoms with E-state index < -0.39 is 0 Å². The molecule has 31 heavy (non-hydrogen) atoms. The molecule has 0 saturated carbocycles. The van der Waals surface area contributed by atoms with Crippen LogP contribution in [0.25, 0.3) is 0 Å². The van der Waals surface area contributed by atoms with Gasteiger partial charge in [-0.25, -0.2) is 0 Å². The molecule has 0 radical (unpaired) electrons. The lowest BCUT2D eigenvalue weighted by atomic mass is 9.89. The van der Waals surface area contributed by atoms with Gasteiger partial charge < -0.3 is 14.7 Å². The quantitative estimate of drug-likeness (QED) is 0.721. The van der Waals surface area contributed by atoms with Crippen molar-refractivity contribution in [2.75, 3.05) is 37.6 Å². The number of benzene rings is 2. The first-order valence-electron chi connectivity index (χ1n) is 11.2. The van der Waals surface area contributed by atoms with Gasteiger partial charge in [0.15, 0.2) is 0 Å². The number of carbonyl (C=O) groups excluding carboxylic acids is 2. The van der Waals surface area contributed by atoms with Crippen molar-refractivity contribution in [2.45, 2.75) is 25.8 Å². The zero-order valence-corrected chi connectivity index (χ0v) is 18.6. The lowest BCUT2D eigenvalue weighted by molar-refractivity contribution is -0.130. The lowest BCUT2D eigenvalue weighted by Gasteiger charge is -2.29. The topological polar surface area (TPSA) is 43.9 Å². The van der Waals surface area contributed by atoms with Crippen LogP contribution in [0.1, 0.15) is 41.7 Å². The van der Waals surface area contributed by atoms with E-state index >= 15 is 0 Å². The summed E-state index contributed by atoms with van der Waals surface area (Å²) in [5, 5.41) is 0.650. The Morgan fingerprint density at radius 3 is 2.39 bits per heavy atom. The molecule has 6 heteroatoms. The zero-order chi connectivity index (χ0) is 21.5. The third kappa shape index (κ3) is 3.69. The Bertz CT molecular complexity index is 990. The summed E-state index contributed by atoms with van der Waals surface area (Å²) in [6.45, 7) is 5.74. The average molecular weight is 438 g/mol. The molecule has 2 amide bonds. The summed E-state index contributed by atoms with van der Waals surface area (Å²) >= 11 is 6.56. The van der Waals surface area contributed by atoms with Crippen molar-refractivity contribution in [3.8, 4) is 0 Å². The number of carbonyl (C=O) groups is 2. The van der Waals surface area contributed by atoms with E-state index in [0.29, 0.717) is 36.1 Å². The number of fused-ring (bicyclic) bond motifs is 1. The van der Waals surface area contributed by atoms with E-state index in [0.717, 1.165) is 24.3 Å². The minimum atomic E-state index is 0.0302. The van der Waals surface area contributed by atoms with Crippen LogP contribution >= 0.6 is 11.6 Å². The van der Waals surface area contributed by atoms with Gasteiger partial charge in [0.1, 0.15) is 0 Å². The fourth-order valence-corrected chi connectivity index (χ4v) is 5.95. The SMILES string of the molecule is CC(=O)N1C[C@H]2CN(C(=O)c3ccc(N4CCCC4)c(Cl)c3)C[C@H]2[C@H]1c1ccccc1. The minimum Gasteiger partial charge on any atom is -0.370 e. The molecule has 0 aromatic heterocycles. The van der Waals surface area contributed by atoms with Gasteiger partial charge in [0, 0.05) is 57.0 Å². The van der Waals surface area contributed by atoms with E-state index in [1.165, 1.54) is 12.8 Å². The first kappa shape index (κ1) is 20.4. The normalized spacial score (nSPS) is 25.2. The molecule has 3 atom stereocenters. The van der Waals surface area contributed by atoms with Crippen LogP contribution in [0.15, 0.2) is 48.5 Å². The number of halogens is 1. The van der Waals surface area contributed by atoms with Crippen LogP contribution in [0.4, 0.5) is 5.69 Å². The summed E-state index contributed by atoms with van der Waals surface area (Å²) in [4.78, 5) is 31.8. The van der Waals surface area contributed by atoms with E-state index in [4.69, 9.17) is 11.6 Å². The molecule has 3 saturated heterocycles. The Labute approximate surface area is 188 Å². The second-order valence-corrected chi connectivity index (χ2v) is 9.43. The van der Waals surface area contributed by atoms with Gasteiger partial charge in [0.2, 0.25) is 5.91 Å². The molecule has 2 aromatic rings. The molecule has 5 nitrogen and oxygen atoms in total. The van der Waals surface area contributed by atoms with Gasteiger partial charge in [-0.2, -0.15) is 0 Å². The monoisotopic (exact) mass is 437 g/mol. The van der Waals surface area contributed by atoms with Gasteiger partial charge >= 0.3 is 0 Å². The van der Waals surface area contributed by atoms with Crippen LogP contribution in [0.5, 0.6) is 0 Å². The molecule has 3 heterocycles. The van der Waals surface area contributed by atoms with Crippen molar-refractivity contribution >= 4 is 29.1 Å². The molecule has 3 fully saturated rings. The largest absolute Gasteiger partial charge is 0.370 e. The van der Waals surface area contributed by atoms with Crippen LogP contribution in [0.3, 0.4) is 0 Å². The number of likely N-dealkylation sites (tertiary alicyclic amines) is 2. The maximum atomic E-state index is 13.3. The summed E-state index contributed by atoms with van der Waals surface area (Å²) in [6, 6.07) is 16.0. The molecule has 2 aromatic carbocycles. The molecule has 3 aliphatic heterocycles. The number of amides is 2. The van der Waals surface area contributed by atoms with Crippen LogP contribution in [0.2, 0.25) is 5.02 Å². The Balaban J connectivity index is 1.35. The van der Waals surface area contributed by atoms with E-state index in [1.54, 1.807) is 6.92 Å². The zero-order valence-electron chi connectivity index (χ0n) is 17.8. The maximum absolute atomic E-state index is 13.3. The Morgan fingerprint density at radius 2 is 1.71 bits per heavy atom. The molecule has 3 aliphatic rings. The van der Waals surface area contributed by atoms with E-state index in [2.05, 4.69) is 17.0 Å². The number of hydrogen-bond donors (Lipinski definition) is 0. The molecule has 0 aliphatic carbocycles. The molecular weight excluding hydrogens is 410 g/mol. The Kier molecular flexibility index (Phi) is 5.39. The van der Waals surface area contributed by atoms with Gasteiger partial charge in [-0.05, 0) is 36.6 Å². The molecule has 0 N–H and O–H groups in total. The number of hydrogen-bond acceptors (Lipinski definition) is 3. The molecular formula is C25H28ClN3O2. The van der Waals surface area contributed by atoms with Crippen molar-refractivity contribution < 1.29 is 9.59 Å². The van der Waals surface area contributed by atoms with Crippen molar-refractivity contribution in [1.29, 1.82) is 0 Å². The number of nitrogens with zero attached hydrogens (tertiary/aromatic N) is 3. The second-order valence-electron chi connectivity index (χ2n) is 9.02. The molecule has 0 unspecified atom stereocenters. The minimum absolute atomic E-state index is 0.0302. The van der Waals surface area contributed by atoms with Gasteiger partial charge in [-0.15, -0.1) is 0 Å². The molecule has 5 rings (SSSR count). The van der Waals surface area contributed by atoms with E-state index in [9.17, 15) is 9.59 Å². The maximum Gasteiger partial charge on any atom is 0.253 e. The van der Waals surface area contributed by atoms with E-state index in [-0.39, 0.29) is 23.8 Å². The number of rotatable bonds is 3. The summed E-state index contributed by atoms with van der Waals surface area (Å²) in [5.74, 6) is 0.697. The third-order valence-electron chi connectivity index (χ3n) is 7.14. The van der Waals surface area contributed by atoms with Gasteiger partial charge in [0.05, 0.1) is 16.8 Å². The standard InChI is InChI=1S/C25H28ClN3O2/c1-17(30)29-15-20-14-28(16-21(20)24(29)18-7-3-2-4-8-18)25(31)19-9-10-23(22(26)13-19)27-11-5-6-12-27/h2-4,7-10,13,20-21,24H,5-6,11-12,14-16H2,1H3/t20-,21-,24-/m1/s1. The summed E-state index contributed by atoms with van der Waals surface area (Å²) in [5.41, 5.74) is 2.82. The van der Waals surface area contributed by atoms with Crippen molar-refractivity contribution in [3.05, 3.63) is 64.7 Å². The van der Waals surface area contributed by atoms with Gasteiger partial charge in [-0.3, -0.25) is 9.59 Å². The summed E-state index contributed by atoms with van der Waals surface area (Å²) in [7, 11) is 0. The Morgan fingerprint density at radius 1 is 0.968 bits per heavy atom. The first-order chi connectivity index (χ1) is 15.0. The Hall–Kier alpha value is -2.53. The van der Waals surface area contributed by atoms with Crippen LogP contribution < -0.4 is 4.90 Å². The molecule has 0 spiro atoms. The lowest BCUT2D eigenvalue weighted by Crippen LogP contribution is -2.36. The number of anilines is 1. The first-order valence-corrected chi connectivity index (χ1v) is 11.6. The van der Waals surface area contributed by atoms with Crippen molar-refractivity contribution in [1.82, 2.24) is 9.80 Å². The predicted octanol–water partition coefficient (Wildman–Crippen LogP) is 4.23.